The van der Waals surface area contributed by atoms with Crippen LogP contribution in [0.2, 0.25) is 0 Å². The molecule has 3 N–H and O–H groups in total. The van der Waals surface area contributed by atoms with Gasteiger partial charge in [-0.25, -0.2) is 9.18 Å². The van der Waals surface area contributed by atoms with E-state index in [9.17, 15) is 9.18 Å². The molecule has 0 bridgehead atoms. The number of nitrogens with one attached hydrogen (secondary N) is 3. The van der Waals surface area contributed by atoms with Gasteiger partial charge in [0.15, 0.2) is 5.96 Å². The van der Waals surface area contributed by atoms with Crippen LogP contribution in [-0.4, -0.2) is 41.8 Å². The Balaban J connectivity index is 0.00000729. The standard InChI is InChI=1S/C19H32FN5O2.HI/c1-7-19(8-2,25-17(26)27-18(3,4)5)13-24-16(21-6)23-12-15-14(20)10-9-11-22-15;/h9-11H,7-8,12-13H2,1-6H3,(H,25,26)(H2,21,23,24);1H. The number of guanidine groups is 1. The summed E-state index contributed by atoms with van der Waals surface area (Å²) in [6, 6.07) is 2.91. The minimum Gasteiger partial charge on any atom is -0.444 e. The fourth-order valence-electron chi connectivity index (χ4n) is 2.43. The van der Waals surface area contributed by atoms with Gasteiger partial charge in [0.05, 0.1) is 17.8 Å². The molecule has 1 aromatic rings. The molecule has 0 aromatic carbocycles. The first kappa shape index (κ1) is 26.4. The van der Waals surface area contributed by atoms with E-state index in [4.69, 9.17) is 4.74 Å². The van der Waals surface area contributed by atoms with Gasteiger partial charge in [-0.3, -0.25) is 9.98 Å². The van der Waals surface area contributed by atoms with Gasteiger partial charge < -0.3 is 20.7 Å². The second-order valence-corrected chi connectivity index (χ2v) is 7.33. The molecule has 1 rings (SSSR count). The average Bonchev–Trinajstić information content (AvgIpc) is 2.60. The van der Waals surface area contributed by atoms with Gasteiger partial charge in [0, 0.05) is 19.8 Å². The van der Waals surface area contributed by atoms with Crippen LogP contribution in [0.15, 0.2) is 23.3 Å². The van der Waals surface area contributed by atoms with Crippen molar-refractivity contribution in [3.8, 4) is 0 Å². The summed E-state index contributed by atoms with van der Waals surface area (Å²) in [5.74, 6) is 0.126. The van der Waals surface area contributed by atoms with Crippen molar-refractivity contribution in [2.75, 3.05) is 13.6 Å². The van der Waals surface area contributed by atoms with Crippen molar-refractivity contribution in [1.82, 2.24) is 20.9 Å². The molecule has 28 heavy (non-hydrogen) atoms. The van der Waals surface area contributed by atoms with Crippen molar-refractivity contribution in [3.63, 3.8) is 0 Å². The number of aromatic nitrogens is 1. The van der Waals surface area contributed by atoms with Crippen molar-refractivity contribution in [3.05, 3.63) is 29.8 Å². The van der Waals surface area contributed by atoms with Crippen LogP contribution >= 0.6 is 24.0 Å². The van der Waals surface area contributed by atoms with Crippen molar-refractivity contribution in [2.45, 2.75) is 65.1 Å². The smallest absolute Gasteiger partial charge is 0.408 e. The maximum absolute atomic E-state index is 13.7. The molecule has 0 saturated carbocycles. The number of hydrogen-bond acceptors (Lipinski definition) is 4. The number of carbonyl (C=O) groups is 1. The van der Waals surface area contributed by atoms with E-state index in [0.717, 1.165) is 0 Å². The van der Waals surface area contributed by atoms with Crippen molar-refractivity contribution in [1.29, 1.82) is 0 Å². The van der Waals surface area contributed by atoms with Crippen LogP contribution in [-0.2, 0) is 11.3 Å². The first-order chi connectivity index (χ1) is 12.6. The number of carbonyl (C=O) groups excluding carboxylic acids is 1. The molecule has 9 heteroatoms. The Morgan fingerprint density at radius 1 is 1.25 bits per heavy atom. The summed E-state index contributed by atoms with van der Waals surface area (Å²) in [7, 11) is 1.63. The summed E-state index contributed by atoms with van der Waals surface area (Å²) in [6.45, 7) is 10.1. The highest BCUT2D eigenvalue weighted by atomic mass is 127. The highest BCUT2D eigenvalue weighted by Gasteiger charge is 2.30. The Morgan fingerprint density at radius 2 is 1.89 bits per heavy atom. The average molecular weight is 509 g/mol. The number of hydrogen-bond donors (Lipinski definition) is 3. The Hall–Kier alpha value is -1.65. The highest BCUT2D eigenvalue weighted by Crippen LogP contribution is 2.16. The van der Waals surface area contributed by atoms with Gasteiger partial charge in [0.1, 0.15) is 11.4 Å². The summed E-state index contributed by atoms with van der Waals surface area (Å²) < 4.78 is 19.1. The molecule has 1 aromatic heterocycles. The zero-order chi connectivity index (χ0) is 20.5. The molecule has 160 valence electrons. The lowest BCUT2D eigenvalue weighted by Crippen LogP contribution is -2.57. The third-order valence-corrected chi connectivity index (χ3v) is 4.20. The maximum Gasteiger partial charge on any atom is 0.408 e. The number of rotatable bonds is 7. The van der Waals surface area contributed by atoms with E-state index in [1.165, 1.54) is 6.07 Å². The Labute approximate surface area is 184 Å². The minimum absolute atomic E-state index is 0. The van der Waals surface area contributed by atoms with Crippen LogP contribution in [0.1, 0.15) is 53.2 Å². The first-order valence-corrected chi connectivity index (χ1v) is 9.19. The number of nitrogens with zero attached hydrogens (tertiary/aromatic N) is 2. The van der Waals surface area contributed by atoms with Crippen LogP contribution in [0.3, 0.4) is 0 Å². The molecule has 0 spiro atoms. The van der Waals surface area contributed by atoms with Gasteiger partial charge in [-0.15, -0.1) is 24.0 Å². The second-order valence-electron chi connectivity index (χ2n) is 7.33. The van der Waals surface area contributed by atoms with Crippen LogP contribution in [0, 0.1) is 5.82 Å². The third kappa shape index (κ3) is 9.03. The van der Waals surface area contributed by atoms with E-state index in [0.29, 0.717) is 31.0 Å². The van der Waals surface area contributed by atoms with Crippen molar-refractivity contribution < 1.29 is 13.9 Å². The van der Waals surface area contributed by atoms with E-state index in [1.54, 1.807) is 19.3 Å². The lowest BCUT2D eigenvalue weighted by atomic mass is 9.93. The number of pyridine rings is 1. The Morgan fingerprint density at radius 3 is 2.39 bits per heavy atom. The van der Waals surface area contributed by atoms with E-state index < -0.39 is 17.2 Å². The normalized spacial score (nSPS) is 12.0. The molecule has 0 unspecified atom stereocenters. The quantitative estimate of drug-likeness (QED) is 0.297. The lowest BCUT2D eigenvalue weighted by Gasteiger charge is -2.34. The fraction of sp³-hybridized carbons (Fsp3) is 0.632. The zero-order valence-electron chi connectivity index (χ0n) is 17.6. The number of ether oxygens (including phenoxy) is 1. The van der Waals surface area contributed by atoms with Crippen LogP contribution < -0.4 is 16.0 Å². The number of alkyl carbamates (subject to hydrolysis) is 1. The van der Waals surface area contributed by atoms with Crippen LogP contribution in [0.4, 0.5) is 9.18 Å². The molecule has 0 fully saturated rings. The number of aliphatic imine (C=N–C) groups is 1. The summed E-state index contributed by atoms with van der Waals surface area (Å²) >= 11 is 0. The molecule has 0 aliphatic rings. The molecule has 0 aliphatic carbocycles. The van der Waals surface area contributed by atoms with E-state index >= 15 is 0 Å². The molecule has 0 radical (unpaired) electrons. The molecule has 0 aliphatic heterocycles. The van der Waals surface area contributed by atoms with Crippen molar-refractivity contribution in [2.24, 2.45) is 4.99 Å². The monoisotopic (exact) mass is 509 g/mol. The van der Waals surface area contributed by atoms with Crippen molar-refractivity contribution >= 4 is 36.0 Å². The second kappa shape index (κ2) is 12.0. The topological polar surface area (TPSA) is 87.6 Å². The predicted molar refractivity (Wildman–Crippen MR) is 120 cm³/mol. The van der Waals surface area contributed by atoms with E-state index in [-0.39, 0.29) is 36.3 Å². The van der Waals surface area contributed by atoms with Crippen LogP contribution in [0.25, 0.3) is 0 Å². The molecule has 1 amide bonds. The van der Waals surface area contributed by atoms with Gasteiger partial charge in [0.25, 0.3) is 0 Å². The number of halogens is 2. The largest absolute Gasteiger partial charge is 0.444 e. The lowest BCUT2D eigenvalue weighted by molar-refractivity contribution is 0.0448. The molecular weight excluding hydrogens is 476 g/mol. The Kier molecular flexibility index (Phi) is 11.3. The highest BCUT2D eigenvalue weighted by molar-refractivity contribution is 14.0. The third-order valence-electron chi connectivity index (χ3n) is 4.20. The SMILES string of the molecule is CCC(CC)(CNC(=NC)NCc1ncccc1F)NC(=O)OC(C)(C)C.I. The molecular formula is C19H33FIN5O2. The van der Waals surface area contributed by atoms with Gasteiger partial charge in [-0.2, -0.15) is 0 Å². The van der Waals surface area contributed by atoms with E-state index in [2.05, 4.69) is 25.9 Å². The number of amides is 1. The van der Waals surface area contributed by atoms with Gasteiger partial charge in [-0.1, -0.05) is 13.8 Å². The summed E-state index contributed by atoms with van der Waals surface area (Å²) in [4.78, 5) is 20.3. The summed E-state index contributed by atoms with van der Waals surface area (Å²) in [5.41, 5.74) is -0.741. The van der Waals surface area contributed by atoms with Gasteiger partial charge >= 0.3 is 6.09 Å². The summed E-state index contributed by atoms with van der Waals surface area (Å²) in [6.07, 6.45) is 2.51. The Bertz CT molecular complexity index is 645. The predicted octanol–water partition coefficient (Wildman–Crippen LogP) is 3.59. The van der Waals surface area contributed by atoms with E-state index in [1.807, 2.05) is 34.6 Å². The summed E-state index contributed by atoms with van der Waals surface area (Å²) in [5, 5.41) is 9.19. The fourth-order valence-corrected chi connectivity index (χ4v) is 2.43. The molecule has 0 atom stereocenters. The molecule has 0 saturated heterocycles. The van der Waals surface area contributed by atoms with Gasteiger partial charge in [-0.05, 0) is 45.7 Å². The zero-order valence-corrected chi connectivity index (χ0v) is 19.9. The minimum atomic E-state index is -0.560. The molecule has 1 heterocycles. The maximum atomic E-state index is 13.7. The molecule has 7 nitrogen and oxygen atoms in total. The first-order valence-electron chi connectivity index (χ1n) is 9.19. The van der Waals surface area contributed by atoms with Crippen LogP contribution in [0.5, 0.6) is 0 Å². The van der Waals surface area contributed by atoms with Gasteiger partial charge in [0.2, 0.25) is 0 Å².